The number of rotatable bonds is 2. The van der Waals surface area contributed by atoms with Gasteiger partial charge in [0.2, 0.25) is 0 Å². The van der Waals surface area contributed by atoms with Crippen molar-refractivity contribution in [1.29, 1.82) is 0 Å². The molecule has 0 bridgehead atoms. The Bertz CT molecular complexity index is 1130. The smallest absolute Gasteiger partial charge is 0.131 e. The van der Waals surface area contributed by atoms with Crippen molar-refractivity contribution in [3.8, 4) is 0 Å². The van der Waals surface area contributed by atoms with E-state index in [0.717, 1.165) is 33.5 Å². The highest BCUT2D eigenvalue weighted by molar-refractivity contribution is 8.24. The van der Waals surface area contributed by atoms with Crippen LogP contribution < -0.4 is 15.5 Å². The van der Waals surface area contributed by atoms with Crippen LogP contribution in [0, 0.1) is 6.92 Å². The second kappa shape index (κ2) is 7.65. The topological polar surface area (TPSA) is 106 Å². The summed E-state index contributed by atoms with van der Waals surface area (Å²) in [5.41, 5.74) is 10.0. The molecule has 1 aromatic heterocycles. The monoisotopic (exact) mass is 440 g/mol. The fourth-order valence-electron chi connectivity index (χ4n) is 4.52. The number of aliphatic hydroxyl groups is 1. The van der Waals surface area contributed by atoms with Crippen LogP contribution in [0.1, 0.15) is 11.1 Å². The summed E-state index contributed by atoms with van der Waals surface area (Å²) in [5.74, 6) is 1.05. The maximum atomic E-state index is 10.7. The van der Waals surface area contributed by atoms with Crippen molar-refractivity contribution in [3.63, 3.8) is 0 Å². The van der Waals surface area contributed by atoms with Crippen molar-refractivity contribution in [2.24, 2.45) is 5.73 Å². The fourth-order valence-corrected chi connectivity index (χ4v) is 6.07. The first-order valence-corrected chi connectivity index (χ1v) is 12.2. The molecule has 0 radical (unpaired) electrons. The van der Waals surface area contributed by atoms with Gasteiger partial charge in [0.25, 0.3) is 0 Å². The van der Waals surface area contributed by atoms with Crippen molar-refractivity contribution in [3.05, 3.63) is 59.7 Å². The van der Waals surface area contributed by atoms with E-state index in [1.807, 2.05) is 42.5 Å². The minimum Gasteiger partial charge on any atom is -0.390 e. The van der Waals surface area contributed by atoms with Crippen LogP contribution in [-0.2, 0) is 6.54 Å². The lowest BCUT2D eigenvalue weighted by molar-refractivity contribution is 0.180. The van der Waals surface area contributed by atoms with Crippen LogP contribution in [0.15, 0.2) is 53.4 Å². The quantitative estimate of drug-likeness (QED) is 0.485. The number of hydrogen-bond acceptors (Lipinski definition) is 7. The first-order chi connectivity index (χ1) is 14.8. The van der Waals surface area contributed by atoms with Gasteiger partial charge in [-0.3, -0.25) is 9.11 Å². The lowest BCUT2D eigenvalue weighted by Gasteiger charge is -2.32. The molecule has 2 aliphatic rings. The Morgan fingerprint density at radius 3 is 2.65 bits per heavy atom. The van der Waals surface area contributed by atoms with Crippen molar-refractivity contribution in [2.45, 2.75) is 30.5 Å². The molecule has 2 aromatic carbocycles. The van der Waals surface area contributed by atoms with E-state index in [-0.39, 0.29) is 11.8 Å². The zero-order chi connectivity index (χ0) is 21.8. The summed E-state index contributed by atoms with van der Waals surface area (Å²) in [5, 5.41) is 11.3. The minimum absolute atomic E-state index is 0.264. The third kappa shape index (κ3) is 3.75. The van der Waals surface area contributed by atoms with Crippen molar-refractivity contribution >= 4 is 33.0 Å². The number of β-amino-alcohol motifs (C(OH)–C–C–N with tert-alkyl or cyclic N) is 1. The highest BCUT2D eigenvalue weighted by Gasteiger charge is 2.31. The summed E-state index contributed by atoms with van der Waals surface area (Å²) in [6.45, 7) is 4.16. The average Bonchev–Trinajstić information content (AvgIpc) is 3.01. The van der Waals surface area contributed by atoms with Gasteiger partial charge in [0, 0.05) is 49.4 Å². The molecule has 2 aliphatic heterocycles. The lowest BCUT2D eigenvalue weighted by Crippen LogP contribution is -2.32. The normalized spacial score (nSPS) is 24.2. The maximum Gasteiger partial charge on any atom is 0.131 e. The molecule has 3 aromatic rings. The fraction of sp³-hybridized carbons (Fsp3) is 0.348. The third-order valence-electron chi connectivity index (χ3n) is 6.26. The Balaban J connectivity index is 1.60. The van der Waals surface area contributed by atoms with Gasteiger partial charge in [-0.2, -0.15) is 10.6 Å². The van der Waals surface area contributed by atoms with E-state index in [0.29, 0.717) is 31.1 Å². The first-order valence-electron chi connectivity index (χ1n) is 10.5. The largest absolute Gasteiger partial charge is 0.390 e. The molecule has 31 heavy (non-hydrogen) atoms. The Morgan fingerprint density at radius 2 is 1.87 bits per heavy atom. The number of nitrogens with two attached hydrogens (primary N) is 1. The van der Waals surface area contributed by atoms with E-state index >= 15 is 0 Å². The summed E-state index contributed by atoms with van der Waals surface area (Å²) in [6, 6.07) is 15.5. The molecule has 8 heteroatoms. The third-order valence-corrected chi connectivity index (χ3v) is 8.11. The molecular formula is C23H28N4O3S. The molecule has 2 atom stereocenters. The maximum absolute atomic E-state index is 10.7. The van der Waals surface area contributed by atoms with E-state index in [9.17, 15) is 14.2 Å². The lowest BCUT2D eigenvalue weighted by atomic mass is 10.1. The molecule has 0 aliphatic carbocycles. The number of fused-ring (bicyclic) bond motifs is 2. The molecule has 5 rings (SSSR count). The number of pyridine rings is 1. The summed E-state index contributed by atoms with van der Waals surface area (Å²) in [6.07, 6.45) is -0.561. The predicted octanol–water partition coefficient (Wildman–Crippen LogP) is 3.18. The van der Waals surface area contributed by atoms with Crippen LogP contribution in [-0.4, -0.2) is 56.7 Å². The second-order valence-corrected chi connectivity index (χ2v) is 10.7. The molecular weight excluding hydrogens is 412 g/mol. The standard InChI is InChI=1S/C23H28N4O3S/c1-15-6-7-19-17(10-15)20(27-13-18(24)21(28)14-27)11-23(25-19)26-8-9-31(29,30)22-5-3-2-4-16(22)12-26/h2-7,10-11,18,21,28-30H,8-9,12-14,24H2,1H3/t18-,21+/m1/s1. The van der Waals surface area contributed by atoms with E-state index < -0.39 is 16.7 Å². The second-order valence-electron chi connectivity index (χ2n) is 8.56. The highest BCUT2D eigenvalue weighted by Crippen LogP contribution is 2.51. The molecule has 0 amide bonds. The van der Waals surface area contributed by atoms with Gasteiger partial charge in [-0.1, -0.05) is 29.8 Å². The number of hydrogen-bond donors (Lipinski definition) is 4. The Kier molecular flexibility index (Phi) is 5.07. The summed E-state index contributed by atoms with van der Waals surface area (Å²) >= 11 is 0. The molecule has 3 heterocycles. The highest BCUT2D eigenvalue weighted by atomic mass is 32.3. The van der Waals surface area contributed by atoms with Crippen LogP contribution in [0.5, 0.6) is 0 Å². The number of aliphatic hydroxyl groups excluding tert-OH is 1. The van der Waals surface area contributed by atoms with Crippen LogP contribution in [0.2, 0.25) is 0 Å². The molecule has 0 spiro atoms. The van der Waals surface area contributed by atoms with Gasteiger partial charge in [0.05, 0.1) is 22.3 Å². The van der Waals surface area contributed by atoms with Crippen molar-refractivity contribution in [1.82, 2.24) is 4.98 Å². The summed E-state index contributed by atoms with van der Waals surface area (Å²) in [7, 11) is -2.84. The van der Waals surface area contributed by atoms with E-state index in [1.54, 1.807) is 0 Å². The van der Waals surface area contributed by atoms with Gasteiger partial charge in [-0.05, 0) is 30.7 Å². The zero-order valence-corrected chi connectivity index (χ0v) is 18.3. The minimum atomic E-state index is -2.84. The predicted molar refractivity (Wildman–Crippen MR) is 126 cm³/mol. The van der Waals surface area contributed by atoms with Gasteiger partial charge >= 0.3 is 0 Å². The Morgan fingerprint density at radius 1 is 1.06 bits per heavy atom. The molecule has 7 nitrogen and oxygen atoms in total. The van der Waals surface area contributed by atoms with Gasteiger partial charge in [0.1, 0.15) is 5.82 Å². The van der Waals surface area contributed by atoms with Crippen molar-refractivity contribution in [2.75, 3.05) is 35.2 Å². The molecule has 1 saturated heterocycles. The van der Waals surface area contributed by atoms with E-state index in [4.69, 9.17) is 10.7 Å². The molecule has 5 N–H and O–H groups in total. The number of aryl methyl sites for hydroxylation is 1. The van der Waals surface area contributed by atoms with Gasteiger partial charge in [0.15, 0.2) is 0 Å². The number of anilines is 2. The van der Waals surface area contributed by atoms with Crippen LogP contribution in [0.25, 0.3) is 10.9 Å². The molecule has 1 fully saturated rings. The van der Waals surface area contributed by atoms with Gasteiger partial charge < -0.3 is 20.6 Å². The number of benzene rings is 2. The molecule has 0 unspecified atom stereocenters. The zero-order valence-electron chi connectivity index (χ0n) is 17.5. The Labute approximate surface area is 183 Å². The van der Waals surface area contributed by atoms with Crippen LogP contribution in [0.3, 0.4) is 0 Å². The number of aromatic nitrogens is 1. The van der Waals surface area contributed by atoms with Gasteiger partial charge in [-0.15, -0.1) is 0 Å². The van der Waals surface area contributed by atoms with Crippen LogP contribution >= 0.6 is 10.6 Å². The number of nitrogens with zero attached hydrogens (tertiary/aromatic N) is 3. The summed E-state index contributed by atoms with van der Waals surface area (Å²) in [4.78, 5) is 9.78. The van der Waals surface area contributed by atoms with E-state index in [1.165, 1.54) is 0 Å². The summed E-state index contributed by atoms with van der Waals surface area (Å²) < 4.78 is 21.4. The molecule has 164 valence electrons. The van der Waals surface area contributed by atoms with Crippen LogP contribution in [0.4, 0.5) is 11.5 Å². The Hall–Kier alpha value is -2.36. The van der Waals surface area contributed by atoms with Gasteiger partial charge in [-0.25, -0.2) is 4.98 Å². The average molecular weight is 441 g/mol. The first kappa shape index (κ1) is 20.5. The van der Waals surface area contributed by atoms with E-state index in [2.05, 4.69) is 22.8 Å². The van der Waals surface area contributed by atoms with Crippen molar-refractivity contribution < 1.29 is 14.2 Å². The molecule has 0 saturated carbocycles. The SMILES string of the molecule is Cc1ccc2nc(N3CCS(O)(O)c4ccccc4C3)cc(N3C[C@@H](N)[C@@H](O)C3)c2c1.